The monoisotopic (exact) mass is 429 g/mol. The number of aryl methyl sites for hydroxylation is 1. The molecule has 9 heteroatoms. The molecule has 2 aliphatic rings. The Kier molecular flexibility index (Phi) is 7.33. The maximum Gasteiger partial charge on any atom is 0.244 e. The second-order valence-corrected chi connectivity index (χ2v) is 9.62. The van der Waals surface area contributed by atoms with Gasteiger partial charge >= 0.3 is 0 Å². The summed E-state index contributed by atoms with van der Waals surface area (Å²) >= 11 is 6.18. The summed E-state index contributed by atoms with van der Waals surface area (Å²) in [4.78, 5) is 15.0. The molecule has 1 unspecified atom stereocenters. The molecule has 7 nitrogen and oxygen atoms in total. The van der Waals surface area contributed by atoms with E-state index >= 15 is 0 Å². The summed E-state index contributed by atoms with van der Waals surface area (Å²) in [5, 5.41) is 3.18. The van der Waals surface area contributed by atoms with Gasteiger partial charge < -0.3 is 10.1 Å². The van der Waals surface area contributed by atoms with E-state index in [-0.39, 0.29) is 28.3 Å². The van der Waals surface area contributed by atoms with Crippen molar-refractivity contribution in [1.29, 1.82) is 0 Å². The van der Waals surface area contributed by atoms with E-state index in [0.717, 1.165) is 32.8 Å². The third-order valence-electron chi connectivity index (χ3n) is 5.35. The minimum Gasteiger partial charge on any atom is -0.379 e. The molecule has 0 spiro atoms. The van der Waals surface area contributed by atoms with E-state index in [1.165, 1.54) is 4.31 Å². The van der Waals surface area contributed by atoms with E-state index < -0.39 is 10.0 Å². The molecule has 0 radical (unpaired) electrons. The number of carbonyl (C=O) groups excluding carboxylic acids is 1. The number of rotatable bonds is 6. The smallest absolute Gasteiger partial charge is 0.244 e. The molecule has 1 aromatic carbocycles. The first-order valence-electron chi connectivity index (χ1n) is 9.72. The second-order valence-electron chi connectivity index (χ2n) is 7.33. The molecule has 1 N–H and O–H groups in total. The standard InChI is InChI=1S/C19H28ClN3O4S/c1-15-4-2-6-17(20)18(15)28(25,26)23-8-3-5-16(14-23)19(24)21-7-9-22-10-12-27-13-11-22/h2,4,6,16H,3,5,7-14H2,1H3,(H,21,24). The van der Waals surface area contributed by atoms with Crippen LogP contribution in [0.2, 0.25) is 5.02 Å². The Morgan fingerprint density at radius 2 is 2.04 bits per heavy atom. The van der Waals surface area contributed by atoms with Crippen LogP contribution in [0.1, 0.15) is 18.4 Å². The van der Waals surface area contributed by atoms with Crippen molar-refractivity contribution >= 4 is 27.5 Å². The number of morpholine rings is 1. The summed E-state index contributed by atoms with van der Waals surface area (Å²) in [5.41, 5.74) is 0.615. The van der Waals surface area contributed by atoms with Gasteiger partial charge in [-0.1, -0.05) is 23.7 Å². The van der Waals surface area contributed by atoms with Crippen LogP contribution in [0.15, 0.2) is 23.1 Å². The highest BCUT2D eigenvalue weighted by atomic mass is 35.5. The number of amides is 1. The van der Waals surface area contributed by atoms with Gasteiger partial charge in [0.25, 0.3) is 0 Å². The van der Waals surface area contributed by atoms with E-state index in [0.29, 0.717) is 31.5 Å². The molecule has 0 saturated carbocycles. The Bertz CT molecular complexity index is 776. The maximum absolute atomic E-state index is 13.1. The lowest BCUT2D eigenvalue weighted by atomic mass is 9.99. The summed E-state index contributed by atoms with van der Waals surface area (Å²) < 4.78 is 32.9. The van der Waals surface area contributed by atoms with Gasteiger partial charge in [-0.25, -0.2) is 8.42 Å². The van der Waals surface area contributed by atoms with Crippen molar-refractivity contribution in [3.05, 3.63) is 28.8 Å². The Morgan fingerprint density at radius 3 is 2.75 bits per heavy atom. The number of hydrogen-bond donors (Lipinski definition) is 1. The number of nitrogens with zero attached hydrogens (tertiary/aromatic N) is 2. The molecule has 2 saturated heterocycles. The Balaban J connectivity index is 1.59. The third kappa shape index (κ3) is 5.04. The number of piperidine rings is 1. The number of sulfonamides is 1. The predicted molar refractivity (Wildman–Crippen MR) is 108 cm³/mol. The molecule has 0 bridgehead atoms. The number of benzene rings is 1. The first kappa shape index (κ1) is 21.5. The highest BCUT2D eigenvalue weighted by Crippen LogP contribution is 2.30. The summed E-state index contributed by atoms with van der Waals surface area (Å²) in [6.07, 6.45) is 1.35. The molecule has 3 rings (SSSR count). The van der Waals surface area contributed by atoms with Crippen LogP contribution in [0, 0.1) is 12.8 Å². The fourth-order valence-electron chi connectivity index (χ4n) is 3.75. The molecule has 28 heavy (non-hydrogen) atoms. The second kappa shape index (κ2) is 9.54. The summed E-state index contributed by atoms with van der Waals surface area (Å²) in [5.74, 6) is -0.417. The van der Waals surface area contributed by atoms with Crippen molar-refractivity contribution in [3.63, 3.8) is 0 Å². The summed E-state index contributed by atoms with van der Waals surface area (Å²) in [6, 6.07) is 5.05. The van der Waals surface area contributed by atoms with Gasteiger partial charge in [0.05, 0.1) is 24.2 Å². The first-order chi connectivity index (χ1) is 13.4. The first-order valence-corrected chi connectivity index (χ1v) is 11.5. The van der Waals surface area contributed by atoms with Gasteiger partial charge in [0.1, 0.15) is 4.90 Å². The summed E-state index contributed by atoms with van der Waals surface area (Å²) in [7, 11) is -3.73. The van der Waals surface area contributed by atoms with Crippen LogP contribution in [-0.2, 0) is 19.6 Å². The molecule has 2 aliphatic heterocycles. The van der Waals surface area contributed by atoms with Crippen LogP contribution in [-0.4, -0.2) is 76.0 Å². The minimum atomic E-state index is -3.73. The molecular weight excluding hydrogens is 402 g/mol. The Hall–Kier alpha value is -1.19. The third-order valence-corrected chi connectivity index (χ3v) is 7.84. The van der Waals surface area contributed by atoms with Crippen molar-refractivity contribution in [1.82, 2.24) is 14.5 Å². The molecule has 2 fully saturated rings. The van der Waals surface area contributed by atoms with Gasteiger partial charge in [0, 0.05) is 39.3 Å². The number of hydrogen-bond acceptors (Lipinski definition) is 5. The van der Waals surface area contributed by atoms with Gasteiger partial charge in [-0.3, -0.25) is 9.69 Å². The van der Waals surface area contributed by atoms with E-state index in [2.05, 4.69) is 10.2 Å². The molecule has 1 amide bonds. The molecular formula is C19H28ClN3O4S. The fourth-order valence-corrected chi connectivity index (χ4v) is 6.06. The zero-order valence-electron chi connectivity index (χ0n) is 16.2. The average molecular weight is 430 g/mol. The van der Waals surface area contributed by atoms with E-state index in [1.807, 2.05) is 0 Å². The average Bonchev–Trinajstić information content (AvgIpc) is 2.68. The van der Waals surface area contributed by atoms with Crippen molar-refractivity contribution < 1.29 is 17.9 Å². The SMILES string of the molecule is Cc1cccc(Cl)c1S(=O)(=O)N1CCCC(C(=O)NCCN2CCOCC2)C1. The van der Waals surface area contributed by atoms with Crippen molar-refractivity contribution in [2.45, 2.75) is 24.7 Å². The van der Waals surface area contributed by atoms with E-state index in [9.17, 15) is 13.2 Å². The Labute approximate surface area is 172 Å². The van der Waals surface area contributed by atoms with Gasteiger partial charge in [-0.15, -0.1) is 0 Å². The van der Waals surface area contributed by atoms with Crippen LogP contribution in [0.5, 0.6) is 0 Å². The van der Waals surface area contributed by atoms with Gasteiger partial charge in [-0.2, -0.15) is 4.31 Å². The molecule has 1 aromatic rings. The minimum absolute atomic E-state index is 0.0796. The highest BCUT2D eigenvalue weighted by molar-refractivity contribution is 7.89. The van der Waals surface area contributed by atoms with Crippen LogP contribution in [0.4, 0.5) is 0 Å². The molecule has 156 valence electrons. The number of ether oxygens (including phenoxy) is 1. The van der Waals surface area contributed by atoms with Crippen molar-refractivity contribution in [2.24, 2.45) is 5.92 Å². The zero-order chi connectivity index (χ0) is 20.1. The van der Waals surface area contributed by atoms with Crippen molar-refractivity contribution in [3.8, 4) is 0 Å². The number of halogens is 1. The maximum atomic E-state index is 13.1. The quantitative estimate of drug-likeness (QED) is 0.741. The molecule has 2 heterocycles. The van der Waals surface area contributed by atoms with E-state index in [1.54, 1.807) is 25.1 Å². The van der Waals surface area contributed by atoms with Crippen LogP contribution in [0.3, 0.4) is 0 Å². The summed E-state index contributed by atoms with van der Waals surface area (Å²) in [6.45, 7) is 6.88. The largest absolute Gasteiger partial charge is 0.379 e. The highest BCUT2D eigenvalue weighted by Gasteiger charge is 2.35. The molecule has 0 aliphatic carbocycles. The van der Waals surface area contributed by atoms with Gasteiger partial charge in [0.2, 0.25) is 15.9 Å². The fraction of sp³-hybridized carbons (Fsp3) is 0.632. The Morgan fingerprint density at radius 1 is 1.29 bits per heavy atom. The lowest BCUT2D eigenvalue weighted by Crippen LogP contribution is -2.47. The van der Waals surface area contributed by atoms with Crippen molar-refractivity contribution in [2.75, 3.05) is 52.5 Å². The predicted octanol–water partition coefficient (Wildman–Crippen LogP) is 1.50. The lowest BCUT2D eigenvalue weighted by Gasteiger charge is -2.32. The zero-order valence-corrected chi connectivity index (χ0v) is 17.8. The number of nitrogens with one attached hydrogen (secondary N) is 1. The van der Waals surface area contributed by atoms with E-state index in [4.69, 9.17) is 16.3 Å². The van der Waals surface area contributed by atoms with Crippen LogP contribution < -0.4 is 5.32 Å². The topological polar surface area (TPSA) is 79.0 Å². The normalized spacial score (nSPS) is 22.1. The van der Waals surface area contributed by atoms with Crippen LogP contribution >= 0.6 is 11.6 Å². The molecule has 0 aromatic heterocycles. The molecule has 1 atom stereocenters. The van der Waals surface area contributed by atoms with Crippen LogP contribution in [0.25, 0.3) is 0 Å². The van der Waals surface area contributed by atoms with Gasteiger partial charge in [0.15, 0.2) is 0 Å². The van der Waals surface area contributed by atoms with Gasteiger partial charge in [-0.05, 0) is 31.4 Å². The lowest BCUT2D eigenvalue weighted by molar-refractivity contribution is -0.126. The number of carbonyl (C=O) groups is 1.